The Balaban J connectivity index is 2.88. The number of hydrogen-bond donors (Lipinski definition) is 1. The maximum Gasteiger partial charge on any atom is 0.235 e. The van der Waals surface area contributed by atoms with E-state index in [1.165, 1.54) is 0 Å². The molecule has 0 bridgehead atoms. The number of anilines is 1. The molecule has 0 aliphatic carbocycles. The Morgan fingerprint density at radius 2 is 2.36 bits per heavy atom. The minimum absolute atomic E-state index is 0.161. The highest BCUT2D eigenvalue weighted by molar-refractivity contribution is 9.09. The predicted molar refractivity (Wildman–Crippen MR) is 58.6 cm³/mol. The molecular weight excluding hydrogens is 267 g/mol. The number of nitriles is 1. The number of carbonyl (C=O) groups is 1. The van der Waals surface area contributed by atoms with E-state index in [1.54, 1.807) is 18.2 Å². The Hall–Kier alpha value is -1.05. The van der Waals surface area contributed by atoms with Crippen LogP contribution < -0.4 is 5.32 Å². The fourth-order valence-electron chi connectivity index (χ4n) is 0.878. The van der Waals surface area contributed by atoms with Crippen molar-refractivity contribution < 1.29 is 4.79 Å². The Kier molecular flexibility index (Phi) is 3.93. The predicted octanol–water partition coefficient (Wildman–Crippen LogP) is 2.55. The number of rotatable bonds is 2. The van der Waals surface area contributed by atoms with Crippen LogP contribution in [0.5, 0.6) is 0 Å². The van der Waals surface area contributed by atoms with E-state index < -0.39 is 0 Å². The van der Waals surface area contributed by atoms with Gasteiger partial charge in [-0.15, -0.1) is 0 Å². The first kappa shape index (κ1) is 11.0. The fraction of sp³-hybridized carbons (Fsp3) is 0.111. The Morgan fingerprint density at radius 1 is 1.64 bits per heavy atom. The van der Waals surface area contributed by atoms with Crippen molar-refractivity contribution in [2.45, 2.75) is 0 Å². The Bertz CT molecular complexity index is 400. The summed E-state index contributed by atoms with van der Waals surface area (Å²) in [5.74, 6) is -0.161. The Labute approximate surface area is 94.8 Å². The number of nitrogens with zero attached hydrogens (tertiary/aromatic N) is 1. The van der Waals surface area contributed by atoms with Crippen molar-refractivity contribution in [3.8, 4) is 6.07 Å². The normalized spacial score (nSPS) is 9.21. The number of nitrogens with one attached hydrogen (secondary N) is 1. The summed E-state index contributed by atoms with van der Waals surface area (Å²) in [7, 11) is 0. The van der Waals surface area contributed by atoms with Gasteiger partial charge in [-0.25, -0.2) is 0 Å². The van der Waals surface area contributed by atoms with Crippen molar-refractivity contribution in [2.75, 3.05) is 10.6 Å². The second-order valence-corrected chi connectivity index (χ2v) is 3.46. The molecule has 5 heteroatoms. The minimum atomic E-state index is -0.161. The lowest BCUT2D eigenvalue weighted by atomic mass is 10.2. The standard InChI is InChI=1S/C9H6BrClN2O/c10-4-9(14)13-7-2-1-6(5-12)8(11)3-7/h1-3H,4H2,(H,13,14). The summed E-state index contributed by atoms with van der Waals surface area (Å²) < 4.78 is 0. The van der Waals surface area contributed by atoms with Crippen molar-refractivity contribution >= 4 is 39.1 Å². The summed E-state index contributed by atoms with van der Waals surface area (Å²) in [5.41, 5.74) is 0.974. The van der Waals surface area contributed by atoms with Crippen LogP contribution in [-0.2, 0) is 4.79 Å². The van der Waals surface area contributed by atoms with Crippen molar-refractivity contribution in [1.29, 1.82) is 5.26 Å². The maximum atomic E-state index is 11.0. The number of carbonyl (C=O) groups excluding carboxylic acids is 1. The van der Waals surface area contributed by atoms with Gasteiger partial charge in [-0.2, -0.15) is 5.26 Å². The summed E-state index contributed by atoms with van der Waals surface area (Å²) in [6.45, 7) is 0. The van der Waals surface area contributed by atoms with Crippen molar-refractivity contribution in [2.24, 2.45) is 0 Å². The van der Waals surface area contributed by atoms with Crippen LogP contribution in [0.25, 0.3) is 0 Å². The van der Waals surface area contributed by atoms with Gasteiger partial charge in [0.25, 0.3) is 0 Å². The fourth-order valence-corrected chi connectivity index (χ4v) is 1.24. The number of alkyl halides is 1. The lowest BCUT2D eigenvalue weighted by Crippen LogP contribution is -2.12. The van der Waals surface area contributed by atoms with Crippen LogP contribution >= 0.6 is 27.5 Å². The quantitative estimate of drug-likeness (QED) is 0.842. The maximum absolute atomic E-state index is 11.0. The van der Waals surface area contributed by atoms with Crippen LogP contribution in [0.3, 0.4) is 0 Å². The minimum Gasteiger partial charge on any atom is -0.325 e. The third-order valence-corrected chi connectivity index (χ3v) is 2.32. The number of halogens is 2. The zero-order valence-electron chi connectivity index (χ0n) is 7.05. The number of benzene rings is 1. The number of amides is 1. The molecule has 0 radical (unpaired) electrons. The third-order valence-electron chi connectivity index (χ3n) is 1.49. The molecule has 0 aromatic heterocycles. The summed E-state index contributed by atoms with van der Waals surface area (Å²) >= 11 is 8.79. The first-order valence-corrected chi connectivity index (χ1v) is 5.22. The van der Waals surface area contributed by atoms with E-state index in [1.807, 2.05) is 6.07 Å². The smallest absolute Gasteiger partial charge is 0.235 e. The molecule has 1 amide bonds. The molecule has 1 aromatic rings. The molecule has 1 aromatic carbocycles. The van der Waals surface area contributed by atoms with Gasteiger partial charge in [0.1, 0.15) is 6.07 Å². The molecule has 0 saturated heterocycles. The molecule has 3 nitrogen and oxygen atoms in total. The molecule has 14 heavy (non-hydrogen) atoms. The van der Waals surface area contributed by atoms with E-state index >= 15 is 0 Å². The van der Waals surface area contributed by atoms with Gasteiger partial charge in [-0.3, -0.25) is 4.79 Å². The molecule has 72 valence electrons. The van der Waals surface area contributed by atoms with Gasteiger partial charge < -0.3 is 5.32 Å². The second-order valence-electron chi connectivity index (χ2n) is 2.49. The van der Waals surface area contributed by atoms with Crippen molar-refractivity contribution in [1.82, 2.24) is 0 Å². The highest BCUT2D eigenvalue weighted by Crippen LogP contribution is 2.20. The highest BCUT2D eigenvalue weighted by atomic mass is 79.9. The molecule has 0 spiro atoms. The lowest BCUT2D eigenvalue weighted by molar-refractivity contribution is -0.113. The number of hydrogen-bond acceptors (Lipinski definition) is 2. The Morgan fingerprint density at radius 3 is 2.86 bits per heavy atom. The zero-order valence-corrected chi connectivity index (χ0v) is 9.39. The second kappa shape index (κ2) is 4.99. The van der Waals surface area contributed by atoms with Gasteiger partial charge >= 0.3 is 0 Å². The van der Waals surface area contributed by atoms with Gasteiger partial charge in [0, 0.05) is 5.69 Å². The van der Waals surface area contributed by atoms with E-state index in [9.17, 15) is 4.79 Å². The molecule has 0 aliphatic rings. The molecule has 0 atom stereocenters. The summed E-state index contributed by atoms with van der Waals surface area (Å²) in [5, 5.41) is 11.8. The molecule has 1 N–H and O–H groups in total. The van der Waals surface area contributed by atoms with Gasteiger partial charge in [0.05, 0.1) is 15.9 Å². The van der Waals surface area contributed by atoms with E-state index in [0.29, 0.717) is 16.3 Å². The molecular formula is C9H6BrClN2O. The summed E-state index contributed by atoms with van der Waals surface area (Å²) in [6.07, 6.45) is 0. The highest BCUT2D eigenvalue weighted by Gasteiger charge is 2.03. The van der Waals surface area contributed by atoms with Gasteiger partial charge in [0.2, 0.25) is 5.91 Å². The average Bonchev–Trinajstić information content (AvgIpc) is 2.18. The zero-order chi connectivity index (χ0) is 10.6. The molecule has 0 fully saturated rings. The van der Waals surface area contributed by atoms with Gasteiger partial charge in [-0.05, 0) is 18.2 Å². The molecule has 0 saturated carbocycles. The third kappa shape index (κ3) is 2.72. The summed E-state index contributed by atoms with van der Waals surface area (Å²) in [6, 6.07) is 6.67. The molecule has 0 unspecified atom stereocenters. The first-order chi connectivity index (χ1) is 6.67. The molecule has 0 aliphatic heterocycles. The van der Waals surface area contributed by atoms with Gasteiger partial charge in [-0.1, -0.05) is 27.5 Å². The van der Waals surface area contributed by atoms with Crippen LogP contribution in [0.4, 0.5) is 5.69 Å². The van der Waals surface area contributed by atoms with E-state index in [-0.39, 0.29) is 11.2 Å². The largest absolute Gasteiger partial charge is 0.325 e. The van der Waals surface area contributed by atoms with Gasteiger partial charge in [0.15, 0.2) is 0 Å². The van der Waals surface area contributed by atoms with E-state index in [4.69, 9.17) is 16.9 Å². The monoisotopic (exact) mass is 272 g/mol. The lowest BCUT2D eigenvalue weighted by Gasteiger charge is -2.03. The topological polar surface area (TPSA) is 52.9 Å². The molecule has 1 rings (SSSR count). The first-order valence-electron chi connectivity index (χ1n) is 3.73. The van der Waals surface area contributed by atoms with E-state index in [2.05, 4.69) is 21.2 Å². The average molecular weight is 274 g/mol. The van der Waals surface area contributed by atoms with Crippen LogP contribution in [0.15, 0.2) is 18.2 Å². The molecule has 0 heterocycles. The van der Waals surface area contributed by atoms with Crippen LogP contribution in [0.1, 0.15) is 5.56 Å². The van der Waals surface area contributed by atoms with E-state index in [0.717, 1.165) is 0 Å². The SMILES string of the molecule is N#Cc1ccc(NC(=O)CBr)cc1Cl. The summed E-state index contributed by atoms with van der Waals surface area (Å²) in [4.78, 5) is 11.0. The van der Waals surface area contributed by atoms with Crippen LogP contribution in [-0.4, -0.2) is 11.2 Å². The van der Waals surface area contributed by atoms with Crippen LogP contribution in [0.2, 0.25) is 5.02 Å². The van der Waals surface area contributed by atoms with Crippen LogP contribution in [0, 0.1) is 11.3 Å². The van der Waals surface area contributed by atoms with Crippen molar-refractivity contribution in [3.05, 3.63) is 28.8 Å². The van der Waals surface area contributed by atoms with Crippen molar-refractivity contribution in [3.63, 3.8) is 0 Å².